The molecule has 0 radical (unpaired) electrons. The minimum absolute atomic E-state index is 0.149. The van der Waals surface area contributed by atoms with Gasteiger partial charge in [-0.25, -0.2) is 0 Å². The molecule has 0 bridgehead atoms. The van der Waals surface area contributed by atoms with Crippen molar-refractivity contribution in [3.63, 3.8) is 0 Å². The summed E-state index contributed by atoms with van der Waals surface area (Å²) in [4.78, 5) is 31.9. The minimum Gasteiger partial charge on any atom is -0.349 e. The van der Waals surface area contributed by atoms with Gasteiger partial charge in [0, 0.05) is 37.3 Å². The predicted molar refractivity (Wildman–Crippen MR) is 92.1 cm³/mol. The van der Waals surface area contributed by atoms with Crippen molar-refractivity contribution >= 4 is 17.9 Å². The lowest BCUT2D eigenvalue weighted by Crippen LogP contribution is -2.42. The van der Waals surface area contributed by atoms with Gasteiger partial charge in [-0.1, -0.05) is 19.1 Å². The molecule has 0 spiro atoms. The van der Waals surface area contributed by atoms with E-state index < -0.39 is 0 Å². The summed E-state index contributed by atoms with van der Waals surface area (Å²) in [6, 6.07) is 8.67. The number of amides is 2. The third-order valence-electron chi connectivity index (χ3n) is 3.36. The zero-order chi connectivity index (χ0) is 17.2. The molecule has 0 aliphatic rings. The van der Waals surface area contributed by atoms with Crippen molar-refractivity contribution in [3.05, 3.63) is 66.3 Å². The van der Waals surface area contributed by atoms with E-state index >= 15 is 0 Å². The van der Waals surface area contributed by atoms with Gasteiger partial charge < -0.3 is 10.6 Å². The van der Waals surface area contributed by atoms with Crippen LogP contribution in [0.1, 0.15) is 29.4 Å². The SMILES string of the molecule is CCC(CNC(=O)c1ccccn1)NC(=O)C=Cc1cccnc1. The van der Waals surface area contributed by atoms with E-state index in [1.165, 1.54) is 6.08 Å². The van der Waals surface area contributed by atoms with Crippen LogP contribution in [0.15, 0.2) is 55.0 Å². The molecule has 1 unspecified atom stereocenters. The highest BCUT2D eigenvalue weighted by Gasteiger charge is 2.11. The molecule has 6 nitrogen and oxygen atoms in total. The quantitative estimate of drug-likeness (QED) is 0.761. The van der Waals surface area contributed by atoms with Crippen molar-refractivity contribution in [1.82, 2.24) is 20.6 Å². The molecule has 0 aliphatic heterocycles. The Bertz CT molecular complexity index is 687. The number of rotatable bonds is 7. The molecular formula is C18H20N4O2. The van der Waals surface area contributed by atoms with Gasteiger partial charge in [-0.15, -0.1) is 0 Å². The second-order valence-corrected chi connectivity index (χ2v) is 5.16. The molecule has 0 aliphatic carbocycles. The number of hydrogen-bond donors (Lipinski definition) is 2. The fraction of sp³-hybridized carbons (Fsp3) is 0.222. The first-order valence-electron chi connectivity index (χ1n) is 7.77. The van der Waals surface area contributed by atoms with Crippen molar-refractivity contribution in [1.29, 1.82) is 0 Å². The molecule has 2 N–H and O–H groups in total. The molecule has 2 amide bonds. The molecular weight excluding hydrogens is 304 g/mol. The van der Waals surface area contributed by atoms with Crippen LogP contribution in [0.3, 0.4) is 0 Å². The van der Waals surface area contributed by atoms with Crippen molar-refractivity contribution in [3.8, 4) is 0 Å². The Balaban J connectivity index is 1.82. The first kappa shape index (κ1) is 17.3. The predicted octanol–water partition coefficient (Wildman–Crippen LogP) is 1.81. The summed E-state index contributed by atoms with van der Waals surface area (Å²) < 4.78 is 0. The van der Waals surface area contributed by atoms with Gasteiger partial charge in [0.1, 0.15) is 5.69 Å². The zero-order valence-corrected chi connectivity index (χ0v) is 13.5. The third-order valence-corrected chi connectivity index (χ3v) is 3.36. The molecule has 0 saturated carbocycles. The van der Waals surface area contributed by atoms with E-state index in [4.69, 9.17) is 0 Å². The van der Waals surface area contributed by atoms with E-state index in [-0.39, 0.29) is 17.9 Å². The second kappa shape index (κ2) is 9.19. The molecule has 1 atom stereocenters. The lowest BCUT2D eigenvalue weighted by Gasteiger charge is -2.16. The Labute approximate surface area is 141 Å². The van der Waals surface area contributed by atoms with Gasteiger partial charge in [0.05, 0.1) is 0 Å². The lowest BCUT2D eigenvalue weighted by molar-refractivity contribution is -0.117. The van der Waals surface area contributed by atoms with Crippen LogP contribution in [0.2, 0.25) is 0 Å². The van der Waals surface area contributed by atoms with Gasteiger partial charge in [0.25, 0.3) is 5.91 Å². The fourth-order valence-corrected chi connectivity index (χ4v) is 2.00. The standard InChI is InChI=1S/C18H20N4O2/c1-2-15(13-21-18(24)16-7-3-4-11-20-16)22-17(23)9-8-14-6-5-10-19-12-14/h3-12,15H,2,13H2,1H3,(H,21,24)(H,22,23). The number of pyridine rings is 2. The van der Waals surface area contributed by atoms with Crippen LogP contribution in [0, 0.1) is 0 Å². The fourth-order valence-electron chi connectivity index (χ4n) is 2.00. The average molecular weight is 324 g/mol. The van der Waals surface area contributed by atoms with Gasteiger partial charge in [0.2, 0.25) is 5.91 Å². The van der Waals surface area contributed by atoms with E-state index in [1.54, 1.807) is 48.9 Å². The summed E-state index contributed by atoms with van der Waals surface area (Å²) in [5, 5.41) is 5.64. The first-order valence-corrected chi connectivity index (χ1v) is 7.77. The summed E-state index contributed by atoms with van der Waals surface area (Å²) in [6.45, 7) is 2.29. The highest BCUT2D eigenvalue weighted by molar-refractivity contribution is 5.93. The number of carbonyl (C=O) groups excluding carboxylic acids is 2. The number of nitrogens with one attached hydrogen (secondary N) is 2. The Morgan fingerprint density at radius 2 is 2.08 bits per heavy atom. The maximum atomic E-state index is 12.0. The molecule has 24 heavy (non-hydrogen) atoms. The van der Waals surface area contributed by atoms with Crippen LogP contribution in [-0.2, 0) is 4.79 Å². The van der Waals surface area contributed by atoms with E-state index in [0.29, 0.717) is 18.7 Å². The topological polar surface area (TPSA) is 84.0 Å². The van der Waals surface area contributed by atoms with Gasteiger partial charge in [-0.2, -0.15) is 0 Å². The summed E-state index contributed by atoms with van der Waals surface area (Å²) >= 11 is 0. The van der Waals surface area contributed by atoms with Crippen LogP contribution in [0.25, 0.3) is 6.08 Å². The number of aromatic nitrogens is 2. The van der Waals surface area contributed by atoms with Crippen molar-refractivity contribution in [2.24, 2.45) is 0 Å². The van der Waals surface area contributed by atoms with Gasteiger partial charge >= 0.3 is 0 Å². The van der Waals surface area contributed by atoms with Crippen molar-refractivity contribution in [2.45, 2.75) is 19.4 Å². The number of carbonyl (C=O) groups is 2. The lowest BCUT2D eigenvalue weighted by atomic mass is 10.2. The second-order valence-electron chi connectivity index (χ2n) is 5.16. The summed E-state index contributed by atoms with van der Waals surface area (Å²) in [5.41, 5.74) is 1.21. The Kier molecular flexibility index (Phi) is 6.64. The zero-order valence-electron chi connectivity index (χ0n) is 13.5. The van der Waals surface area contributed by atoms with E-state index in [0.717, 1.165) is 5.56 Å². The molecule has 2 aromatic heterocycles. The maximum Gasteiger partial charge on any atom is 0.269 e. The molecule has 6 heteroatoms. The number of nitrogens with zero attached hydrogens (tertiary/aromatic N) is 2. The maximum absolute atomic E-state index is 12.0. The molecule has 2 aromatic rings. The summed E-state index contributed by atoms with van der Waals surface area (Å²) in [7, 11) is 0. The first-order chi connectivity index (χ1) is 11.7. The third kappa shape index (κ3) is 5.64. The van der Waals surface area contributed by atoms with E-state index in [1.807, 2.05) is 13.0 Å². The monoisotopic (exact) mass is 324 g/mol. The van der Waals surface area contributed by atoms with Crippen molar-refractivity contribution < 1.29 is 9.59 Å². The number of hydrogen-bond acceptors (Lipinski definition) is 4. The normalized spacial score (nSPS) is 11.9. The summed E-state index contributed by atoms with van der Waals surface area (Å²) in [5.74, 6) is -0.466. The largest absolute Gasteiger partial charge is 0.349 e. The van der Waals surface area contributed by atoms with Crippen LogP contribution in [0.4, 0.5) is 0 Å². The Hall–Kier alpha value is -3.02. The van der Waals surface area contributed by atoms with E-state index in [9.17, 15) is 9.59 Å². The summed E-state index contributed by atoms with van der Waals surface area (Å²) in [6.07, 6.45) is 8.77. The molecule has 0 saturated heterocycles. The Morgan fingerprint density at radius 1 is 1.21 bits per heavy atom. The van der Waals surface area contributed by atoms with Crippen molar-refractivity contribution in [2.75, 3.05) is 6.54 Å². The Morgan fingerprint density at radius 3 is 2.75 bits per heavy atom. The highest BCUT2D eigenvalue weighted by atomic mass is 16.2. The van der Waals surface area contributed by atoms with Gasteiger partial charge in [0.15, 0.2) is 0 Å². The van der Waals surface area contributed by atoms with Gasteiger partial charge in [-0.05, 0) is 36.3 Å². The van der Waals surface area contributed by atoms with Crippen LogP contribution in [-0.4, -0.2) is 34.4 Å². The molecule has 2 heterocycles. The van der Waals surface area contributed by atoms with Crippen LogP contribution in [0.5, 0.6) is 0 Å². The van der Waals surface area contributed by atoms with Gasteiger partial charge in [-0.3, -0.25) is 19.6 Å². The highest BCUT2D eigenvalue weighted by Crippen LogP contribution is 1.99. The average Bonchev–Trinajstić information content (AvgIpc) is 2.64. The minimum atomic E-state index is -0.255. The van der Waals surface area contributed by atoms with Crippen LogP contribution < -0.4 is 10.6 Å². The van der Waals surface area contributed by atoms with Crippen LogP contribution >= 0.6 is 0 Å². The molecule has 2 rings (SSSR count). The molecule has 0 fully saturated rings. The molecule has 124 valence electrons. The smallest absolute Gasteiger partial charge is 0.269 e. The molecule has 0 aromatic carbocycles. The van der Waals surface area contributed by atoms with E-state index in [2.05, 4.69) is 20.6 Å².